The Labute approximate surface area is 96.2 Å². The van der Waals surface area contributed by atoms with E-state index in [1.807, 2.05) is 0 Å². The van der Waals surface area contributed by atoms with Crippen molar-refractivity contribution in [3.63, 3.8) is 0 Å². The minimum Gasteiger partial charge on any atom is -0.282 e. The van der Waals surface area contributed by atoms with Gasteiger partial charge in [0.2, 0.25) is 11.8 Å². The van der Waals surface area contributed by atoms with E-state index >= 15 is 0 Å². The molecule has 16 heavy (non-hydrogen) atoms. The SMILES string of the molecule is C#CCCCN1C(=O)C2CC(C)CC2C1=O. The van der Waals surface area contributed by atoms with E-state index in [0.29, 0.717) is 18.9 Å². The third-order valence-corrected chi connectivity index (χ3v) is 3.67. The summed E-state index contributed by atoms with van der Waals surface area (Å²) in [6.45, 7) is 2.62. The second kappa shape index (κ2) is 4.29. The van der Waals surface area contributed by atoms with Gasteiger partial charge in [0.15, 0.2) is 0 Å². The lowest BCUT2D eigenvalue weighted by Crippen LogP contribution is -2.33. The number of amides is 2. The van der Waals surface area contributed by atoms with Gasteiger partial charge in [-0.25, -0.2) is 0 Å². The molecule has 3 heteroatoms. The van der Waals surface area contributed by atoms with Gasteiger partial charge in [0.05, 0.1) is 11.8 Å². The molecule has 0 bridgehead atoms. The Balaban J connectivity index is 2.00. The summed E-state index contributed by atoms with van der Waals surface area (Å²) in [7, 11) is 0. The number of fused-ring (bicyclic) bond motifs is 1. The van der Waals surface area contributed by atoms with Crippen LogP contribution in [0.3, 0.4) is 0 Å². The quantitative estimate of drug-likeness (QED) is 0.409. The minimum atomic E-state index is -0.0339. The first kappa shape index (κ1) is 11.2. The van der Waals surface area contributed by atoms with Crippen molar-refractivity contribution in [2.45, 2.75) is 32.6 Å². The molecule has 1 saturated carbocycles. The van der Waals surface area contributed by atoms with Crippen LogP contribution >= 0.6 is 0 Å². The number of terminal acetylenes is 1. The predicted octanol–water partition coefficient (Wildman–Crippen LogP) is 1.43. The molecule has 1 heterocycles. The fourth-order valence-corrected chi connectivity index (χ4v) is 2.91. The number of rotatable bonds is 3. The molecule has 2 amide bonds. The highest BCUT2D eigenvalue weighted by atomic mass is 16.2. The Kier molecular flexibility index (Phi) is 3.00. The second-order valence-electron chi connectivity index (χ2n) is 4.93. The zero-order valence-electron chi connectivity index (χ0n) is 9.61. The summed E-state index contributed by atoms with van der Waals surface area (Å²) < 4.78 is 0. The van der Waals surface area contributed by atoms with Crippen molar-refractivity contribution >= 4 is 11.8 Å². The smallest absolute Gasteiger partial charge is 0.233 e. The summed E-state index contributed by atoms with van der Waals surface area (Å²) in [6.07, 6.45) is 8.26. The van der Waals surface area contributed by atoms with Gasteiger partial charge in [-0.05, 0) is 25.2 Å². The van der Waals surface area contributed by atoms with Gasteiger partial charge in [-0.3, -0.25) is 14.5 Å². The number of carbonyl (C=O) groups excluding carboxylic acids is 2. The molecule has 0 radical (unpaired) electrons. The van der Waals surface area contributed by atoms with Gasteiger partial charge in [-0.15, -0.1) is 12.3 Å². The van der Waals surface area contributed by atoms with Crippen LogP contribution in [0, 0.1) is 30.1 Å². The molecule has 1 aliphatic carbocycles. The van der Waals surface area contributed by atoms with Gasteiger partial charge in [-0.2, -0.15) is 0 Å². The highest BCUT2D eigenvalue weighted by molar-refractivity contribution is 6.05. The molecular formula is C13H17NO2. The molecule has 2 unspecified atom stereocenters. The first-order valence-corrected chi connectivity index (χ1v) is 5.93. The lowest BCUT2D eigenvalue weighted by molar-refractivity contribution is -0.140. The first-order chi connectivity index (χ1) is 7.65. The highest BCUT2D eigenvalue weighted by Gasteiger charge is 2.51. The Hall–Kier alpha value is -1.30. The molecule has 86 valence electrons. The van der Waals surface area contributed by atoms with E-state index in [2.05, 4.69) is 12.8 Å². The van der Waals surface area contributed by atoms with E-state index in [-0.39, 0.29) is 23.7 Å². The van der Waals surface area contributed by atoms with Crippen molar-refractivity contribution in [1.29, 1.82) is 0 Å². The average molecular weight is 219 g/mol. The normalized spacial score (nSPS) is 33.0. The van der Waals surface area contributed by atoms with Crippen molar-refractivity contribution in [3.05, 3.63) is 0 Å². The summed E-state index contributed by atoms with van der Waals surface area (Å²) in [5.41, 5.74) is 0. The van der Waals surface area contributed by atoms with E-state index in [1.165, 1.54) is 4.90 Å². The minimum absolute atomic E-state index is 0.0339. The van der Waals surface area contributed by atoms with Crippen LogP contribution < -0.4 is 0 Å². The maximum Gasteiger partial charge on any atom is 0.233 e. The monoisotopic (exact) mass is 219 g/mol. The fourth-order valence-electron chi connectivity index (χ4n) is 2.91. The van der Waals surface area contributed by atoms with Crippen LogP contribution in [0.4, 0.5) is 0 Å². The molecule has 0 aromatic rings. The van der Waals surface area contributed by atoms with Gasteiger partial charge in [0.25, 0.3) is 0 Å². The van der Waals surface area contributed by atoms with Crippen molar-refractivity contribution in [1.82, 2.24) is 4.90 Å². The molecule has 0 N–H and O–H groups in total. The molecule has 2 rings (SSSR count). The van der Waals surface area contributed by atoms with Crippen LogP contribution in [0.15, 0.2) is 0 Å². The van der Waals surface area contributed by atoms with Crippen LogP contribution in [-0.4, -0.2) is 23.3 Å². The molecular weight excluding hydrogens is 202 g/mol. The standard InChI is InChI=1S/C13H17NO2/c1-3-4-5-6-14-12(15)10-7-9(2)8-11(10)13(14)16/h1,9-11H,4-8H2,2H3. The summed E-state index contributed by atoms with van der Waals surface area (Å²) in [6, 6.07) is 0. The van der Waals surface area contributed by atoms with E-state index in [1.54, 1.807) is 0 Å². The topological polar surface area (TPSA) is 37.4 Å². The van der Waals surface area contributed by atoms with Crippen molar-refractivity contribution in [3.8, 4) is 12.3 Å². The number of hydrogen-bond donors (Lipinski definition) is 0. The molecule has 1 saturated heterocycles. The lowest BCUT2D eigenvalue weighted by Gasteiger charge is -2.15. The molecule has 1 aliphatic heterocycles. The van der Waals surface area contributed by atoms with Gasteiger partial charge < -0.3 is 0 Å². The molecule has 2 atom stereocenters. The van der Waals surface area contributed by atoms with Crippen LogP contribution in [0.25, 0.3) is 0 Å². The number of imide groups is 1. The summed E-state index contributed by atoms with van der Waals surface area (Å²) >= 11 is 0. The first-order valence-electron chi connectivity index (χ1n) is 5.93. The zero-order chi connectivity index (χ0) is 11.7. The summed E-state index contributed by atoms with van der Waals surface area (Å²) in [5, 5.41) is 0. The second-order valence-corrected chi connectivity index (χ2v) is 4.93. The van der Waals surface area contributed by atoms with E-state index in [0.717, 1.165) is 19.3 Å². The molecule has 3 nitrogen and oxygen atoms in total. The Morgan fingerprint density at radius 2 is 1.88 bits per heavy atom. The van der Waals surface area contributed by atoms with Gasteiger partial charge >= 0.3 is 0 Å². The number of hydrogen-bond acceptors (Lipinski definition) is 2. The summed E-state index contributed by atoms with van der Waals surface area (Å²) in [4.78, 5) is 25.4. The zero-order valence-corrected chi connectivity index (χ0v) is 9.61. The number of unbranched alkanes of at least 4 members (excludes halogenated alkanes) is 1. The van der Waals surface area contributed by atoms with Crippen LogP contribution in [0.1, 0.15) is 32.6 Å². The predicted molar refractivity (Wildman–Crippen MR) is 60.2 cm³/mol. The van der Waals surface area contributed by atoms with Crippen LogP contribution in [0.5, 0.6) is 0 Å². The maximum absolute atomic E-state index is 12.0. The van der Waals surface area contributed by atoms with Crippen molar-refractivity contribution < 1.29 is 9.59 Å². The Morgan fingerprint density at radius 3 is 2.38 bits per heavy atom. The molecule has 0 aromatic heterocycles. The summed E-state index contributed by atoms with van der Waals surface area (Å²) in [5.74, 6) is 3.05. The van der Waals surface area contributed by atoms with Crippen LogP contribution in [0.2, 0.25) is 0 Å². The van der Waals surface area contributed by atoms with Crippen molar-refractivity contribution in [2.24, 2.45) is 17.8 Å². The largest absolute Gasteiger partial charge is 0.282 e. The Bertz CT molecular complexity index is 331. The highest BCUT2D eigenvalue weighted by Crippen LogP contribution is 2.42. The number of likely N-dealkylation sites (tertiary alicyclic amines) is 1. The lowest BCUT2D eigenvalue weighted by atomic mass is 10.00. The molecule has 0 aromatic carbocycles. The van der Waals surface area contributed by atoms with Crippen molar-refractivity contribution in [2.75, 3.05) is 6.54 Å². The molecule has 2 aliphatic rings. The Morgan fingerprint density at radius 1 is 1.31 bits per heavy atom. The molecule has 2 fully saturated rings. The van der Waals surface area contributed by atoms with Gasteiger partial charge in [0, 0.05) is 13.0 Å². The van der Waals surface area contributed by atoms with Gasteiger partial charge in [-0.1, -0.05) is 6.92 Å². The molecule has 0 spiro atoms. The van der Waals surface area contributed by atoms with E-state index < -0.39 is 0 Å². The maximum atomic E-state index is 12.0. The number of carbonyl (C=O) groups is 2. The number of nitrogens with zero attached hydrogens (tertiary/aromatic N) is 1. The third kappa shape index (κ3) is 1.73. The average Bonchev–Trinajstić information content (AvgIpc) is 2.72. The van der Waals surface area contributed by atoms with E-state index in [4.69, 9.17) is 6.42 Å². The van der Waals surface area contributed by atoms with Gasteiger partial charge in [0.1, 0.15) is 0 Å². The van der Waals surface area contributed by atoms with Crippen LogP contribution in [-0.2, 0) is 9.59 Å². The van der Waals surface area contributed by atoms with E-state index in [9.17, 15) is 9.59 Å². The third-order valence-electron chi connectivity index (χ3n) is 3.67. The fraction of sp³-hybridized carbons (Fsp3) is 0.692.